The number of rotatable bonds is 1. The molecule has 2 aliphatic heterocycles. The molecule has 6 nitrogen and oxygen atoms in total. The van der Waals surface area contributed by atoms with E-state index in [2.05, 4.69) is 17.3 Å². The number of nitrogens with one attached hydrogen (secondary N) is 1. The van der Waals surface area contributed by atoms with Crippen LogP contribution >= 0.6 is 0 Å². The van der Waals surface area contributed by atoms with Gasteiger partial charge in [0.2, 0.25) is 0 Å². The molecule has 2 atom stereocenters. The zero-order chi connectivity index (χ0) is 13.6. The maximum atomic E-state index is 12.5. The Labute approximate surface area is 112 Å². The Bertz CT molecular complexity index is 511. The average Bonchev–Trinajstić information content (AvgIpc) is 2.68. The Morgan fingerprint density at radius 2 is 2.26 bits per heavy atom. The number of fused-ring (bicyclic) bond motifs is 3. The minimum atomic E-state index is 0.0149. The first-order valence-electron chi connectivity index (χ1n) is 6.78. The van der Waals surface area contributed by atoms with Crippen molar-refractivity contribution in [1.82, 2.24) is 20.0 Å². The molecule has 3 rings (SSSR count). The molecule has 19 heavy (non-hydrogen) atoms. The van der Waals surface area contributed by atoms with Crippen LogP contribution in [-0.2, 0) is 19.5 Å². The molecule has 0 saturated carbocycles. The van der Waals surface area contributed by atoms with Gasteiger partial charge in [0.15, 0.2) is 0 Å². The zero-order valence-electron chi connectivity index (χ0n) is 11.4. The highest BCUT2D eigenvalue weighted by Crippen LogP contribution is 2.24. The van der Waals surface area contributed by atoms with Crippen LogP contribution in [0.25, 0.3) is 0 Å². The topological polar surface area (TPSA) is 70.4 Å². The molecule has 1 unspecified atom stereocenters. The van der Waals surface area contributed by atoms with Gasteiger partial charge < -0.3 is 15.3 Å². The van der Waals surface area contributed by atoms with Crippen LogP contribution in [0.5, 0.6) is 0 Å². The van der Waals surface area contributed by atoms with Crippen LogP contribution in [0.1, 0.15) is 28.7 Å². The van der Waals surface area contributed by atoms with Crippen LogP contribution in [0.4, 0.5) is 0 Å². The fourth-order valence-electron chi connectivity index (χ4n) is 2.98. The van der Waals surface area contributed by atoms with Crippen molar-refractivity contribution in [2.24, 2.45) is 5.92 Å². The fourth-order valence-corrected chi connectivity index (χ4v) is 2.98. The smallest absolute Gasteiger partial charge is 0.272 e. The van der Waals surface area contributed by atoms with E-state index in [4.69, 9.17) is 0 Å². The van der Waals surface area contributed by atoms with E-state index in [1.54, 1.807) is 16.6 Å². The molecule has 0 aromatic carbocycles. The molecule has 104 valence electrons. The summed E-state index contributed by atoms with van der Waals surface area (Å²) in [6.45, 7) is 4.10. The largest absolute Gasteiger partial charge is 0.396 e. The van der Waals surface area contributed by atoms with Gasteiger partial charge in [0.05, 0.1) is 5.69 Å². The third kappa shape index (κ3) is 2.04. The molecule has 6 heteroatoms. The van der Waals surface area contributed by atoms with Crippen molar-refractivity contribution in [3.05, 3.63) is 17.0 Å². The van der Waals surface area contributed by atoms with E-state index in [1.165, 1.54) is 0 Å². The highest BCUT2D eigenvalue weighted by atomic mass is 16.3. The Balaban J connectivity index is 2.05. The second-order valence-corrected chi connectivity index (χ2v) is 5.68. The summed E-state index contributed by atoms with van der Waals surface area (Å²) in [5, 5.41) is 17.4. The maximum absolute atomic E-state index is 12.5. The molecule has 0 aliphatic carbocycles. The van der Waals surface area contributed by atoms with Gasteiger partial charge in [-0.2, -0.15) is 5.10 Å². The summed E-state index contributed by atoms with van der Waals surface area (Å²) in [4.78, 5) is 14.2. The Morgan fingerprint density at radius 3 is 3.00 bits per heavy atom. The van der Waals surface area contributed by atoms with E-state index in [1.807, 2.05) is 0 Å². The highest BCUT2D eigenvalue weighted by molar-refractivity contribution is 5.94. The third-order valence-electron chi connectivity index (χ3n) is 4.03. The normalized spacial score (nSPS) is 26.9. The predicted octanol–water partition coefficient (Wildman–Crippen LogP) is -0.389. The lowest BCUT2D eigenvalue weighted by molar-refractivity contribution is 0.0763. The Kier molecular flexibility index (Phi) is 3.06. The van der Waals surface area contributed by atoms with E-state index in [9.17, 15) is 9.90 Å². The van der Waals surface area contributed by atoms with Crippen molar-refractivity contribution in [2.45, 2.75) is 32.5 Å². The molecule has 0 spiro atoms. The minimum absolute atomic E-state index is 0.0149. The van der Waals surface area contributed by atoms with Crippen molar-refractivity contribution in [3.8, 4) is 0 Å². The van der Waals surface area contributed by atoms with Crippen LogP contribution < -0.4 is 5.32 Å². The second-order valence-electron chi connectivity index (χ2n) is 5.68. The van der Waals surface area contributed by atoms with E-state index in [-0.39, 0.29) is 18.4 Å². The Morgan fingerprint density at radius 1 is 1.47 bits per heavy atom. The van der Waals surface area contributed by atoms with Gasteiger partial charge >= 0.3 is 0 Å². The molecular formula is C13H20N4O2. The van der Waals surface area contributed by atoms with Crippen LogP contribution in [0.2, 0.25) is 0 Å². The molecule has 2 N–H and O–H groups in total. The lowest BCUT2D eigenvalue weighted by atomic mass is 10.0. The molecule has 0 bridgehead atoms. The van der Waals surface area contributed by atoms with Crippen molar-refractivity contribution in [1.29, 1.82) is 0 Å². The van der Waals surface area contributed by atoms with Gasteiger partial charge in [-0.1, -0.05) is 0 Å². The molecule has 0 saturated heterocycles. The van der Waals surface area contributed by atoms with Crippen molar-refractivity contribution < 1.29 is 9.90 Å². The molecule has 0 fully saturated rings. The van der Waals surface area contributed by atoms with Gasteiger partial charge in [-0.15, -0.1) is 0 Å². The molecule has 3 heterocycles. The average molecular weight is 264 g/mol. The number of nitrogens with zero attached hydrogens (tertiary/aromatic N) is 3. The van der Waals surface area contributed by atoms with E-state index >= 15 is 0 Å². The predicted molar refractivity (Wildman–Crippen MR) is 69.8 cm³/mol. The minimum Gasteiger partial charge on any atom is -0.396 e. The number of aromatic nitrogens is 2. The van der Waals surface area contributed by atoms with Crippen molar-refractivity contribution in [2.75, 3.05) is 20.2 Å². The third-order valence-corrected chi connectivity index (χ3v) is 4.03. The van der Waals surface area contributed by atoms with Crippen LogP contribution in [0.3, 0.4) is 0 Å². The van der Waals surface area contributed by atoms with Gasteiger partial charge in [-0.25, -0.2) is 0 Å². The summed E-state index contributed by atoms with van der Waals surface area (Å²) in [6.07, 6.45) is 0.857. The van der Waals surface area contributed by atoms with Gasteiger partial charge in [-0.05, 0) is 6.92 Å². The number of hydrogen-bond donors (Lipinski definition) is 2. The molecular weight excluding hydrogens is 244 g/mol. The van der Waals surface area contributed by atoms with Gasteiger partial charge in [0.1, 0.15) is 5.69 Å². The summed E-state index contributed by atoms with van der Waals surface area (Å²) in [6, 6.07) is 0.396. The first-order valence-corrected chi connectivity index (χ1v) is 6.78. The highest BCUT2D eigenvalue weighted by Gasteiger charge is 2.32. The first kappa shape index (κ1) is 12.6. The van der Waals surface area contributed by atoms with E-state index < -0.39 is 0 Å². The SMILES string of the molecule is C[C@@H]1Cc2nn3c(c2CN1)C(=O)N(C)CC(CO)C3. The van der Waals surface area contributed by atoms with Crippen LogP contribution in [-0.4, -0.2) is 51.9 Å². The number of carbonyl (C=O) groups is 1. The summed E-state index contributed by atoms with van der Waals surface area (Å²) in [7, 11) is 1.79. The van der Waals surface area contributed by atoms with E-state index in [0.717, 1.165) is 17.7 Å². The standard InChI is InChI=1S/C13H20N4O2/c1-8-3-11-10(4-14-8)12-13(19)16(2)5-9(7-18)6-17(12)15-11/h8-9,14,18H,3-7H2,1-2H3/t8-,9?/m1/s1. The number of hydrogen-bond acceptors (Lipinski definition) is 4. The molecule has 1 aromatic heterocycles. The number of aliphatic hydroxyl groups is 1. The van der Waals surface area contributed by atoms with Crippen molar-refractivity contribution in [3.63, 3.8) is 0 Å². The van der Waals surface area contributed by atoms with Crippen LogP contribution in [0, 0.1) is 5.92 Å². The number of aliphatic hydroxyl groups excluding tert-OH is 1. The molecule has 2 aliphatic rings. The molecule has 1 aromatic rings. The van der Waals surface area contributed by atoms with Gasteiger partial charge in [-0.3, -0.25) is 9.48 Å². The van der Waals surface area contributed by atoms with Gasteiger partial charge in [0, 0.05) is 57.2 Å². The molecule has 0 radical (unpaired) electrons. The monoisotopic (exact) mass is 264 g/mol. The van der Waals surface area contributed by atoms with Crippen molar-refractivity contribution >= 4 is 5.91 Å². The quantitative estimate of drug-likeness (QED) is 0.725. The summed E-state index contributed by atoms with van der Waals surface area (Å²) < 4.78 is 1.80. The maximum Gasteiger partial charge on any atom is 0.272 e. The van der Waals surface area contributed by atoms with Gasteiger partial charge in [0.25, 0.3) is 5.91 Å². The Hall–Kier alpha value is -1.40. The lowest BCUT2D eigenvalue weighted by Gasteiger charge is -2.21. The summed E-state index contributed by atoms with van der Waals surface area (Å²) in [5.74, 6) is 0.0722. The summed E-state index contributed by atoms with van der Waals surface area (Å²) in [5.41, 5.74) is 2.77. The lowest BCUT2D eigenvalue weighted by Crippen LogP contribution is -2.35. The number of amides is 1. The fraction of sp³-hybridized carbons (Fsp3) is 0.692. The second kappa shape index (κ2) is 4.61. The summed E-state index contributed by atoms with van der Waals surface area (Å²) >= 11 is 0. The first-order chi connectivity index (χ1) is 9.10. The zero-order valence-corrected chi connectivity index (χ0v) is 11.4. The number of carbonyl (C=O) groups excluding carboxylic acids is 1. The van der Waals surface area contributed by atoms with Crippen LogP contribution in [0.15, 0.2) is 0 Å². The van der Waals surface area contributed by atoms with E-state index in [0.29, 0.717) is 31.4 Å². The molecule has 1 amide bonds.